The highest BCUT2D eigenvalue weighted by atomic mass is 16.7. The Hall–Kier alpha value is -2.73. The van der Waals surface area contributed by atoms with Crippen molar-refractivity contribution >= 4 is 18.0 Å². The minimum absolute atomic E-state index is 0.00213. The van der Waals surface area contributed by atoms with Gasteiger partial charge in [-0.3, -0.25) is 9.59 Å². The fourth-order valence-corrected chi connectivity index (χ4v) is 5.09. The second-order valence-corrected chi connectivity index (χ2v) is 10.8. The normalized spacial score (nSPS) is 35.0. The molecule has 9 atom stereocenters. The molecule has 3 rings (SSSR count). The highest BCUT2D eigenvalue weighted by Crippen LogP contribution is 2.44. The summed E-state index contributed by atoms with van der Waals surface area (Å²) < 4.78 is 34.1. The molecule has 0 aromatic carbocycles. The van der Waals surface area contributed by atoms with Gasteiger partial charge in [-0.2, -0.15) is 0 Å². The van der Waals surface area contributed by atoms with Crippen molar-refractivity contribution in [3.8, 4) is 0 Å². The number of carbonyl (C=O) groups excluding carboxylic acids is 3. The van der Waals surface area contributed by atoms with Crippen molar-refractivity contribution in [2.75, 3.05) is 20.8 Å². The monoisotopic (exact) mass is 564 g/mol. The molecule has 11 nitrogen and oxygen atoms in total. The van der Waals surface area contributed by atoms with Crippen LogP contribution in [0.2, 0.25) is 0 Å². The summed E-state index contributed by atoms with van der Waals surface area (Å²) in [5.41, 5.74) is 0.417. The number of hydrogen-bond acceptors (Lipinski definition) is 9. The molecule has 3 aliphatic heterocycles. The molecular weight excluding hydrogens is 520 g/mol. The zero-order valence-corrected chi connectivity index (χ0v) is 24.5. The molecule has 0 aromatic heterocycles. The Labute approximate surface area is 236 Å². The number of ether oxygens (including phenoxy) is 6. The first-order valence-corrected chi connectivity index (χ1v) is 13.8. The molecule has 0 aliphatic carbocycles. The Morgan fingerprint density at radius 2 is 1.88 bits per heavy atom. The minimum Gasteiger partial charge on any atom is -0.459 e. The molecule has 0 radical (unpaired) electrons. The zero-order valence-electron chi connectivity index (χ0n) is 24.5. The number of esters is 1. The van der Waals surface area contributed by atoms with Crippen LogP contribution in [0.3, 0.4) is 0 Å². The van der Waals surface area contributed by atoms with Crippen LogP contribution < -0.4 is 10.6 Å². The van der Waals surface area contributed by atoms with Crippen LogP contribution in [0.1, 0.15) is 53.9 Å². The van der Waals surface area contributed by atoms with Gasteiger partial charge in [0.15, 0.2) is 12.4 Å². The van der Waals surface area contributed by atoms with E-state index in [1.54, 1.807) is 20.1 Å². The van der Waals surface area contributed by atoms with E-state index in [1.807, 2.05) is 26.0 Å². The summed E-state index contributed by atoms with van der Waals surface area (Å²) in [5.74, 6) is -0.419. The molecule has 2 N–H and O–H groups in total. The van der Waals surface area contributed by atoms with Gasteiger partial charge in [0, 0.05) is 33.6 Å². The maximum absolute atomic E-state index is 12.4. The third-order valence-electron chi connectivity index (χ3n) is 7.49. The van der Waals surface area contributed by atoms with Crippen LogP contribution in [0.25, 0.3) is 0 Å². The van der Waals surface area contributed by atoms with Gasteiger partial charge in [-0.05, 0) is 45.6 Å². The lowest BCUT2D eigenvalue weighted by atomic mass is 9.88. The van der Waals surface area contributed by atoms with E-state index in [4.69, 9.17) is 28.4 Å². The number of epoxide rings is 1. The number of carbonyl (C=O) groups is 3. The molecular formula is C29H44N2O9. The first kappa shape index (κ1) is 31.8. The van der Waals surface area contributed by atoms with Gasteiger partial charge in [-0.25, -0.2) is 4.79 Å². The summed E-state index contributed by atoms with van der Waals surface area (Å²) in [6, 6.07) is -0.121. The number of nitrogens with one attached hydrogen (secondary N) is 2. The van der Waals surface area contributed by atoms with Crippen molar-refractivity contribution in [1.29, 1.82) is 0 Å². The molecule has 11 heteroatoms. The average molecular weight is 565 g/mol. The summed E-state index contributed by atoms with van der Waals surface area (Å²) in [5, 5.41) is 5.49. The fourth-order valence-electron chi connectivity index (χ4n) is 5.09. The number of alkyl carbamates (subject to hydrolysis) is 1. The van der Waals surface area contributed by atoms with E-state index in [-0.39, 0.29) is 30.1 Å². The standard InChI is InChI=1S/C29H44N2O9/c1-17(9-12-24-27(40-28(34)30-6)29(16-36-29)15-26(35-7)39-24)8-11-23-18(2)14-22(20(4)38-23)31-25(33)13-10-19(3)37-21(5)32/h8-10,12-13,18-20,22-24,26-27H,11,14-16H2,1-7H3,(H,30,34)(H,31,33)/b12-9+,13-10-,17-8+/t18-,19-,20+,22+,23-,24+,26-,27+,29+/m0/s1. The molecule has 0 aromatic rings. The maximum atomic E-state index is 12.4. The van der Waals surface area contributed by atoms with Crippen molar-refractivity contribution in [3.05, 3.63) is 36.0 Å². The molecule has 1 spiro atoms. The molecule has 3 aliphatic rings. The van der Waals surface area contributed by atoms with Gasteiger partial charge in [0.2, 0.25) is 5.91 Å². The van der Waals surface area contributed by atoms with Gasteiger partial charge < -0.3 is 39.1 Å². The van der Waals surface area contributed by atoms with Crippen LogP contribution in [0, 0.1) is 5.92 Å². The Morgan fingerprint density at radius 3 is 2.50 bits per heavy atom. The van der Waals surface area contributed by atoms with Gasteiger partial charge >= 0.3 is 12.1 Å². The smallest absolute Gasteiger partial charge is 0.407 e. The predicted molar refractivity (Wildman–Crippen MR) is 146 cm³/mol. The van der Waals surface area contributed by atoms with Crippen molar-refractivity contribution in [2.45, 2.75) is 102 Å². The van der Waals surface area contributed by atoms with E-state index in [0.717, 1.165) is 12.0 Å². The van der Waals surface area contributed by atoms with Crippen LogP contribution in [0.5, 0.6) is 0 Å². The SMILES string of the molecule is CNC(=O)O[C@@H]1[C@@H](/C=C/C(C)=C/C[C@@H]2O[C@H](C)[C@H](NC(=O)/C=C\[C@H](C)OC(C)=O)C[C@@H]2C)O[C@H](OC)C[C@@]12CO2. The van der Waals surface area contributed by atoms with Crippen molar-refractivity contribution in [3.63, 3.8) is 0 Å². The second kappa shape index (κ2) is 14.2. The van der Waals surface area contributed by atoms with E-state index in [0.29, 0.717) is 19.4 Å². The molecule has 0 saturated carbocycles. The third-order valence-corrected chi connectivity index (χ3v) is 7.49. The molecule has 0 bridgehead atoms. The lowest BCUT2D eigenvalue weighted by molar-refractivity contribution is -0.219. The average Bonchev–Trinajstić information content (AvgIpc) is 3.67. The minimum atomic E-state index is -0.595. The molecule has 3 heterocycles. The van der Waals surface area contributed by atoms with Crippen LogP contribution >= 0.6 is 0 Å². The molecule has 40 heavy (non-hydrogen) atoms. The third kappa shape index (κ3) is 8.89. The van der Waals surface area contributed by atoms with Crippen molar-refractivity contribution in [1.82, 2.24) is 10.6 Å². The number of allylic oxidation sites excluding steroid dienone is 2. The fraction of sp³-hybridized carbons (Fsp3) is 0.690. The first-order chi connectivity index (χ1) is 19.0. The number of methoxy groups -OCH3 is 1. The number of amides is 2. The highest BCUT2D eigenvalue weighted by molar-refractivity contribution is 5.87. The Morgan fingerprint density at radius 1 is 1.15 bits per heavy atom. The second-order valence-electron chi connectivity index (χ2n) is 10.8. The lowest BCUT2D eigenvalue weighted by Gasteiger charge is -2.39. The van der Waals surface area contributed by atoms with Crippen molar-refractivity contribution < 1.29 is 42.8 Å². The Balaban J connectivity index is 1.54. The van der Waals surface area contributed by atoms with E-state index in [9.17, 15) is 14.4 Å². The summed E-state index contributed by atoms with van der Waals surface area (Å²) in [6.07, 6.45) is 8.12. The van der Waals surface area contributed by atoms with Crippen LogP contribution in [-0.2, 0) is 38.0 Å². The van der Waals surface area contributed by atoms with E-state index < -0.39 is 42.3 Å². The molecule has 0 unspecified atom stereocenters. The molecule has 224 valence electrons. The van der Waals surface area contributed by atoms with E-state index in [2.05, 4.69) is 23.6 Å². The zero-order chi connectivity index (χ0) is 29.4. The molecule has 2 amide bonds. The quantitative estimate of drug-likeness (QED) is 0.178. The predicted octanol–water partition coefficient (Wildman–Crippen LogP) is 2.94. The van der Waals surface area contributed by atoms with Gasteiger partial charge in [0.1, 0.15) is 17.8 Å². The van der Waals surface area contributed by atoms with Crippen LogP contribution in [0.4, 0.5) is 4.79 Å². The van der Waals surface area contributed by atoms with Gasteiger partial charge in [-0.1, -0.05) is 30.7 Å². The highest BCUT2D eigenvalue weighted by Gasteiger charge is 2.61. The van der Waals surface area contributed by atoms with E-state index in [1.165, 1.54) is 20.0 Å². The summed E-state index contributed by atoms with van der Waals surface area (Å²) in [6.45, 7) is 9.58. The summed E-state index contributed by atoms with van der Waals surface area (Å²) in [7, 11) is 3.09. The topological polar surface area (TPSA) is 134 Å². The maximum Gasteiger partial charge on any atom is 0.407 e. The van der Waals surface area contributed by atoms with Gasteiger partial charge in [0.25, 0.3) is 0 Å². The van der Waals surface area contributed by atoms with Crippen molar-refractivity contribution in [2.24, 2.45) is 5.92 Å². The van der Waals surface area contributed by atoms with Crippen LogP contribution in [0.15, 0.2) is 36.0 Å². The van der Waals surface area contributed by atoms with E-state index >= 15 is 0 Å². The Bertz CT molecular complexity index is 990. The largest absolute Gasteiger partial charge is 0.459 e. The van der Waals surface area contributed by atoms with Gasteiger partial charge in [-0.15, -0.1) is 0 Å². The first-order valence-electron chi connectivity index (χ1n) is 13.8. The Kier molecular flexibility index (Phi) is 11.3. The number of hydrogen-bond donors (Lipinski definition) is 2. The lowest BCUT2D eigenvalue weighted by Crippen LogP contribution is -2.53. The molecule has 3 fully saturated rings. The molecule has 3 saturated heterocycles. The van der Waals surface area contributed by atoms with Gasteiger partial charge in [0.05, 0.1) is 24.9 Å². The van der Waals surface area contributed by atoms with Crippen LogP contribution in [-0.4, -0.2) is 87.2 Å². The summed E-state index contributed by atoms with van der Waals surface area (Å²) >= 11 is 0. The summed E-state index contributed by atoms with van der Waals surface area (Å²) in [4.78, 5) is 35.4. The number of rotatable bonds is 10.